The molecule has 1 heterocycles. The number of primary amides is 1. The molecular formula is C20H16N4O4S. The predicted molar refractivity (Wildman–Crippen MR) is 109 cm³/mol. The quantitative estimate of drug-likeness (QED) is 0.254. The molecular weight excluding hydrogens is 392 g/mol. The smallest absolute Gasteiger partial charge is 0.269 e. The van der Waals surface area contributed by atoms with Gasteiger partial charge >= 0.3 is 0 Å². The second-order valence-electron chi connectivity index (χ2n) is 6.12. The molecule has 0 spiro atoms. The molecule has 0 aliphatic carbocycles. The molecule has 0 saturated carbocycles. The molecule has 9 heteroatoms. The molecule has 0 radical (unpaired) electrons. The van der Waals surface area contributed by atoms with Crippen molar-refractivity contribution in [3.63, 3.8) is 0 Å². The van der Waals surface area contributed by atoms with Crippen LogP contribution in [0.5, 0.6) is 5.75 Å². The summed E-state index contributed by atoms with van der Waals surface area (Å²) in [5.74, 6) is 4.39. The van der Waals surface area contributed by atoms with Gasteiger partial charge in [-0.15, -0.1) is 9.32 Å². The lowest BCUT2D eigenvalue weighted by molar-refractivity contribution is -0.195. The van der Waals surface area contributed by atoms with Crippen molar-refractivity contribution in [1.82, 2.24) is 9.78 Å². The van der Waals surface area contributed by atoms with Crippen LogP contribution in [0.25, 0.3) is 27.7 Å². The van der Waals surface area contributed by atoms with Crippen molar-refractivity contribution in [3.8, 4) is 22.6 Å². The fourth-order valence-corrected chi connectivity index (χ4v) is 3.45. The molecule has 1 amide bonds. The Balaban J connectivity index is 1.85. The Labute approximate surface area is 169 Å². The Kier molecular flexibility index (Phi) is 5.19. The zero-order chi connectivity index (χ0) is 20.4. The number of phenolic OH excluding ortho intramolecular Hbond substituents is 1. The third-order valence-corrected chi connectivity index (χ3v) is 4.99. The summed E-state index contributed by atoms with van der Waals surface area (Å²) < 4.78 is 6.27. The number of fused-ring (bicyclic) bond motifs is 1. The third kappa shape index (κ3) is 3.67. The van der Waals surface area contributed by atoms with E-state index < -0.39 is 5.91 Å². The lowest BCUT2D eigenvalue weighted by Crippen LogP contribution is -2.12. The summed E-state index contributed by atoms with van der Waals surface area (Å²) in [5, 5.41) is 15.2. The number of benzene rings is 3. The fraction of sp³-hybridized carbons (Fsp3) is 0. The van der Waals surface area contributed by atoms with E-state index >= 15 is 0 Å². The molecule has 0 aliphatic rings. The van der Waals surface area contributed by atoms with E-state index in [2.05, 4.69) is 14.4 Å². The molecule has 146 valence electrons. The molecule has 4 rings (SSSR count). The first-order valence-corrected chi connectivity index (χ1v) is 9.24. The minimum absolute atomic E-state index is 0.163. The standard InChI is InChI=1S/C20H16N4O4S/c21-20(26)19-16-10-5-12(15-3-1-2-4-18(15)25)11-17(16)24(23-19)13-6-8-14(9-7-13)29-28-27-22/h1-11,25H,22H2,(H2,21,26). The van der Waals surface area contributed by atoms with Crippen molar-refractivity contribution in [2.75, 3.05) is 0 Å². The van der Waals surface area contributed by atoms with Gasteiger partial charge in [0.1, 0.15) is 5.75 Å². The van der Waals surface area contributed by atoms with E-state index in [0.717, 1.165) is 28.2 Å². The summed E-state index contributed by atoms with van der Waals surface area (Å²) in [4.78, 5) is 16.8. The van der Waals surface area contributed by atoms with Gasteiger partial charge in [-0.3, -0.25) is 4.79 Å². The summed E-state index contributed by atoms with van der Waals surface area (Å²) in [6, 6.07) is 19.7. The number of phenols is 1. The number of carbonyl (C=O) groups is 1. The van der Waals surface area contributed by atoms with Crippen LogP contribution >= 0.6 is 12.0 Å². The monoisotopic (exact) mass is 408 g/mol. The van der Waals surface area contributed by atoms with Crippen LogP contribution in [0.3, 0.4) is 0 Å². The maximum absolute atomic E-state index is 11.9. The molecule has 4 aromatic rings. The number of carbonyl (C=O) groups excluding carboxylic acids is 1. The van der Waals surface area contributed by atoms with Gasteiger partial charge in [0, 0.05) is 15.8 Å². The Bertz CT molecular complexity index is 1190. The summed E-state index contributed by atoms with van der Waals surface area (Å²) in [5.41, 5.74) is 8.55. The lowest BCUT2D eigenvalue weighted by atomic mass is 10.0. The van der Waals surface area contributed by atoms with Crippen molar-refractivity contribution >= 4 is 28.9 Å². The summed E-state index contributed by atoms with van der Waals surface area (Å²) >= 11 is 0.961. The Morgan fingerprint density at radius 3 is 2.52 bits per heavy atom. The van der Waals surface area contributed by atoms with Gasteiger partial charge in [0.05, 0.1) is 23.2 Å². The molecule has 1 aromatic heterocycles. The van der Waals surface area contributed by atoms with Gasteiger partial charge in [-0.05, 0) is 48.0 Å². The first-order valence-electron chi connectivity index (χ1n) is 8.50. The number of para-hydroxylation sites is 1. The summed E-state index contributed by atoms with van der Waals surface area (Å²) in [6.07, 6.45) is 0. The molecule has 0 fully saturated rings. The SMILES string of the molecule is NOOSc1ccc(-n2nc(C(N)=O)c3ccc(-c4ccccc4O)cc32)cc1. The average Bonchev–Trinajstić information content (AvgIpc) is 3.12. The van der Waals surface area contributed by atoms with Crippen molar-refractivity contribution in [2.24, 2.45) is 11.6 Å². The highest BCUT2D eigenvalue weighted by Gasteiger charge is 2.17. The highest BCUT2D eigenvalue weighted by molar-refractivity contribution is 7.94. The number of nitrogens with zero attached hydrogens (tertiary/aromatic N) is 2. The minimum Gasteiger partial charge on any atom is -0.507 e. The van der Waals surface area contributed by atoms with Crippen molar-refractivity contribution in [3.05, 3.63) is 72.4 Å². The lowest BCUT2D eigenvalue weighted by Gasteiger charge is -2.07. The molecule has 0 saturated heterocycles. The first kappa shape index (κ1) is 19.0. The number of amides is 1. The van der Waals surface area contributed by atoms with E-state index in [1.165, 1.54) is 0 Å². The van der Waals surface area contributed by atoms with Crippen molar-refractivity contribution < 1.29 is 19.2 Å². The second-order valence-corrected chi connectivity index (χ2v) is 6.89. The van der Waals surface area contributed by atoms with Gasteiger partial charge < -0.3 is 10.8 Å². The van der Waals surface area contributed by atoms with Gasteiger partial charge in [-0.1, -0.05) is 24.3 Å². The van der Waals surface area contributed by atoms with Crippen LogP contribution in [0, 0.1) is 0 Å². The Morgan fingerprint density at radius 2 is 1.83 bits per heavy atom. The molecule has 5 N–H and O–H groups in total. The van der Waals surface area contributed by atoms with E-state index in [-0.39, 0.29) is 11.4 Å². The molecule has 0 bridgehead atoms. The largest absolute Gasteiger partial charge is 0.507 e. The number of aromatic nitrogens is 2. The van der Waals surface area contributed by atoms with E-state index in [1.54, 1.807) is 35.0 Å². The molecule has 0 unspecified atom stereocenters. The van der Waals surface area contributed by atoms with Crippen LogP contribution < -0.4 is 11.6 Å². The number of hydrogen-bond donors (Lipinski definition) is 3. The van der Waals surface area contributed by atoms with Crippen LogP contribution in [0.4, 0.5) is 0 Å². The van der Waals surface area contributed by atoms with E-state index in [9.17, 15) is 9.90 Å². The summed E-state index contributed by atoms with van der Waals surface area (Å²) in [6.45, 7) is 0. The maximum atomic E-state index is 11.9. The molecule has 3 aromatic carbocycles. The Hall–Kier alpha value is -3.37. The van der Waals surface area contributed by atoms with Gasteiger partial charge in [-0.2, -0.15) is 11.0 Å². The molecule has 29 heavy (non-hydrogen) atoms. The number of rotatable bonds is 6. The van der Waals surface area contributed by atoms with Gasteiger partial charge in [0.25, 0.3) is 5.91 Å². The fourth-order valence-electron chi connectivity index (χ4n) is 3.08. The zero-order valence-electron chi connectivity index (χ0n) is 15.0. The highest BCUT2D eigenvalue weighted by atomic mass is 32.2. The van der Waals surface area contributed by atoms with E-state index in [0.29, 0.717) is 16.5 Å². The van der Waals surface area contributed by atoms with Crippen LogP contribution in [0.15, 0.2) is 71.6 Å². The third-order valence-electron chi connectivity index (χ3n) is 4.38. The van der Waals surface area contributed by atoms with Crippen molar-refractivity contribution in [2.45, 2.75) is 4.90 Å². The minimum atomic E-state index is -0.621. The van der Waals surface area contributed by atoms with Gasteiger partial charge in [0.2, 0.25) is 0 Å². The van der Waals surface area contributed by atoms with Crippen LogP contribution in [-0.4, -0.2) is 20.8 Å². The number of hydrogen-bond acceptors (Lipinski definition) is 7. The first-order chi connectivity index (χ1) is 14.1. The molecule has 8 nitrogen and oxygen atoms in total. The number of aromatic hydroxyl groups is 1. The zero-order valence-corrected chi connectivity index (χ0v) is 15.8. The van der Waals surface area contributed by atoms with Gasteiger partial charge in [-0.25, -0.2) is 4.68 Å². The van der Waals surface area contributed by atoms with Crippen LogP contribution in [0.2, 0.25) is 0 Å². The maximum Gasteiger partial charge on any atom is 0.269 e. The number of nitrogens with two attached hydrogens (primary N) is 2. The molecule has 0 aliphatic heterocycles. The van der Waals surface area contributed by atoms with Crippen LogP contribution in [-0.2, 0) is 9.32 Å². The predicted octanol–water partition coefficient (Wildman–Crippen LogP) is 3.33. The average molecular weight is 408 g/mol. The second kappa shape index (κ2) is 7.94. The van der Waals surface area contributed by atoms with Crippen molar-refractivity contribution in [1.29, 1.82) is 0 Å². The highest BCUT2D eigenvalue weighted by Crippen LogP contribution is 2.33. The van der Waals surface area contributed by atoms with Crippen LogP contribution in [0.1, 0.15) is 10.5 Å². The van der Waals surface area contributed by atoms with Gasteiger partial charge in [0.15, 0.2) is 5.69 Å². The Morgan fingerprint density at radius 1 is 1.07 bits per heavy atom. The summed E-state index contributed by atoms with van der Waals surface area (Å²) in [7, 11) is 0. The normalized spacial score (nSPS) is 11.1. The molecule has 0 atom stereocenters. The van der Waals surface area contributed by atoms with E-state index in [4.69, 9.17) is 11.6 Å². The van der Waals surface area contributed by atoms with E-state index in [1.807, 2.05) is 36.4 Å². The topological polar surface area (TPSA) is 126 Å².